The molecule has 1 unspecified atom stereocenters. The highest BCUT2D eigenvalue weighted by atomic mass is 35.5. The van der Waals surface area contributed by atoms with Crippen molar-refractivity contribution >= 4 is 38.4 Å². The number of amides is 1. The van der Waals surface area contributed by atoms with Gasteiger partial charge in [-0.05, 0) is 43.5 Å². The largest absolute Gasteiger partial charge is 0.345 e. The maximum absolute atomic E-state index is 13.1. The number of piperidine rings is 1. The van der Waals surface area contributed by atoms with Crippen LogP contribution in [0.15, 0.2) is 29.3 Å². The molecular weight excluding hydrogens is 388 g/mol. The van der Waals surface area contributed by atoms with Crippen LogP contribution in [-0.4, -0.2) is 67.3 Å². The van der Waals surface area contributed by atoms with Crippen molar-refractivity contribution < 1.29 is 13.2 Å². The third kappa shape index (κ3) is 3.71. The highest BCUT2D eigenvalue weighted by molar-refractivity contribution is 7.89. The second-order valence-electron chi connectivity index (χ2n) is 7.12. The minimum atomic E-state index is -3.71. The van der Waals surface area contributed by atoms with Gasteiger partial charge < -0.3 is 15.2 Å². The quantitative estimate of drug-likeness (QED) is 0.807. The molecule has 2 aliphatic rings. The summed E-state index contributed by atoms with van der Waals surface area (Å²) in [6, 6.07) is 6.31. The van der Waals surface area contributed by atoms with E-state index in [4.69, 9.17) is 11.6 Å². The Hall–Kier alpha value is -1.61. The van der Waals surface area contributed by atoms with Crippen LogP contribution in [0.5, 0.6) is 0 Å². The number of carbonyl (C=O) groups is 1. The molecule has 0 radical (unpaired) electrons. The van der Waals surface area contributed by atoms with Gasteiger partial charge in [-0.1, -0.05) is 11.6 Å². The van der Waals surface area contributed by atoms with Crippen LogP contribution in [0.2, 0.25) is 5.02 Å². The molecule has 1 aromatic heterocycles. The van der Waals surface area contributed by atoms with Gasteiger partial charge in [-0.15, -0.1) is 0 Å². The maximum atomic E-state index is 13.1. The fraction of sp³-hybridized carbons (Fsp3) is 0.500. The average Bonchev–Trinajstić information content (AvgIpc) is 3.12. The molecular formula is C18H23ClN4O3S. The molecule has 1 atom stereocenters. The van der Waals surface area contributed by atoms with E-state index in [-0.39, 0.29) is 17.5 Å². The number of sulfonamides is 1. The molecule has 0 spiro atoms. The van der Waals surface area contributed by atoms with E-state index in [1.807, 2.05) is 4.90 Å². The second kappa shape index (κ2) is 7.43. The van der Waals surface area contributed by atoms with Crippen molar-refractivity contribution in [3.05, 3.63) is 29.3 Å². The number of piperazine rings is 1. The smallest absolute Gasteiger partial charge is 0.258 e. The molecule has 4 rings (SSSR count). The molecule has 2 N–H and O–H groups in total. The maximum Gasteiger partial charge on any atom is 0.258 e. The van der Waals surface area contributed by atoms with Crippen LogP contribution in [0.4, 0.5) is 0 Å². The van der Waals surface area contributed by atoms with Crippen LogP contribution in [-0.2, 0) is 14.8 Å². The summed E-state index contributed by atoms with van der Waals surface area (Å²) in [7, 11) is -3.71. The van der Waals surface area contributed by atoms with Crippen molar-refractivity contribution in [3.63, 3.8) is 0 Å². The number of nitrogens with one attached hydrogen (secondary N) is 2. The lowest BCUT2D eigenvalue weighted by Gasteiger charge is -2.36. The normalized spacial score (nSPS) is 22.3. The Kier molecular flexibility index (Phi) is 5.15. The molecule has 1 amide bonds. The summed E-state index contributed by atoms with van der Waals surface area (Å²) in [6.45, 7) is 2.45. The van der Waals surface area contributed by atoms with Crippen molar-refractivity contribution in [3.8, 4) is 0 Å². The lowest BCUT2D eigenvalue weighted by atomic mass is 10.1. The molecule has 2 saturated heterocycles. The van der Waals surface area contributed by atoms with Crippen LogP contribution < -0.4 is 5.32 Å². The molecule has 2 fully saturated rings. The third-order valence-corrected chi connectivity index (χ3v) is 7.30. The standard InChI is InChI=1S/C18H23ClN4O3S/c19-14-4-5-15-13(10-14)11-17(21-15)27(25,26)23-9-6-20-16(12-23)18(24)22-7-2-1-3-8-22/h4-5,10-11,16,20-21H,1-3,6-9,12H2. The van der Waals surface area contributed by atoms with E-state index in [2.05, 4.69) is 10.3 Å². The summed E-state index contributed by atoms with van der Waals surface area (Å²) in [5.41, 5.74) is 0.717. The summed E-state index contributed by atoms with van der Waals surface area (Å²) in [5.74, 6) is -0.00183. The molecule has 2 aliphatic heterocycles. The molecule has 2 aromatic rings. The zero-order valence-corrected chi connectivity index (χ0v) is 16.5. The van der Waals surface area contributed by atoms with Crippen LogP contribution in [0, 0.1) is 0 Å². The molecule has 9 heteroatoms. The van der Waals surface area contributed by atoms with E-state index in [9.17, 15) is 13.2 Å². The van der Waals surface area contributed by atoms with E-state index in [1.165, 1.54) is 4.31 Å². The first-order valence-electron chi connectivity index (χ1n) is 9.26. The van der Waals surface area contributed by atoms with E-state index in [0.717, 1.165) is 37.7 Å². The van der Waals surface area contributed by atoms with Crippen LogP contribution >= 0.6 is 11.6 Å². The van der Waals surface area contributed by atoms with Crippen molar-refractivity contribution in [2.45, 2.75) is 30.3 Å². The third-order valence-electron chi connectivity index (χ3n) is 5.28. The van der Waals surface area contributed by atoms with Crippen LogP contribution in [0.3, 0.4) is 0 Å². The number of H-pyrrole nitrogens is 1. The zero-order valence-electron chi connectivity index (χ0n) is 14.9. The summed E-state index contributed by atoms with van der Waals surface area (Å²) in [6.07, 6.45) is 3.17. The average molecular weight is 411 g/mol. The number of likely N-dealkylation sites (tertiary alicyclic amines) is 1. The minimum absolute atomic E-state index is 0.00183. The first-order valence-corrected chi connectivity index (χ1v) is 11.1. The number of fused-ring (bicyclic) bond motifs is 1. The molecule has 0 saturated carbocycles. The minimum Gasteiger partial charge on any atom is -0.345 e. The van der Waals surface area contributed by atoms with E-state index >= 15 is 0 Å². The Labute approximate surface area is 163 Å². The lowest BCUT2D eigenvalue weighted by molar-refractivity contribution is -0.135. The van der Waals surface area contributed by atoms with Crippen LogP contribution in [0.25, 0.3) is 10.9 Å². The Morgan fingerprint density at radius 2 is 1.89 bits per heavy atom. The Morgan fingerprint density at radius 1 is 1.11 bits per heavy atom. The summed E-state index contributed by atoms with van der Waals surface area (Å²) in [5, 5.41) is 4.61. The van der Waals surface area contributed by atoms with Gasteiger partial charge in [0.15, 0.2) is 0 Å². The number of carbonyl (C=O) groups excluding carboxylic acids is 1. The molecule has 146 valence electrons. The highest BCUT2D eigenvalue weighted by Gasteiger charge is 2.35. The van der Waals surface area contributed by atoms with Gasteiger partial charge in [0, 0.05) is 48.6 Å². The Balaban J connectivity index is 1.54. The number of aromatic nitrogens is 1. The summed E-state index contributed by atoms with van der Waals surface area (Å²) >= 11 is 5.99. The summed E-state index contributed by atoms with van der Waals surface area (Å²) < 4.78 is 27.6. The summed E-state index contributed by atoms with van der Waals surface area (Å²) in [4.78, 5) is 17.6. The van der Waals surface area contributed by atoms with Crippen molar-refractivity contribution in [1.82, 2.24) is 19.5 Å². The van der Waals surface area contributed by atoms with Gasteiger partial charge in [0.1, 0.15) is 11.1 Å². The SMILES string of the molecule is O=C(C1CN(S(=O)(=O)c2cc3cc(Cl)ccc3[nH]2)CCN1)N1CCCCC1. The predicted octanol–water partition coefficient (Wildman–Crippen LogP) is 1.80. The first-order chi connectivity index (χ1) is 12.9. The van der Waals surface area contributed by atoms with Crippen molar-refractivity contribution in [1.29, 1.82) is 0 Å². The van der Waals surface area contributed by atoms with E-state index in [0.29, 0.717) is 23.6 Å². The van der Waals surface area contributed by atoms with Crippen LogP contribution in [0.1, 0.15) is 19.3 Å². The Morgan fingerprint density at radius 3 is 2.67 bits per heavy atom. The monoisotopic (exact) mass is 410 g/mol. The fourth-order valence-corrected chi connectivity index (χ4v) is 5.45. The van der Waals surface area contributed by atoms with Gasteiger partial charge in [-0.2, -0.15) is 4.31 Å². The topological polar surface area (TPSA) is 85.5 Å². The molecule has 3 heterocycles. The second-order valence-corrected chi connectivity index (χ2v) is 9.46. The molecule has 7 nitrogen and oxygen atoms in total. The highest BCUT2D eigenvalue weighted by Crippen LogP contribution is 2.25. The molecule has 0 aliphatic carbocycles. The van der Waals surface area contributed by atoms with Crippen molar-refractivity contribution in [2.75, 3.05) is 32.7 Å². The van der Waals surface area contributed by atoms with Gasteiger partial charge in [0.2, 0.25) is 5.91 Å². The number of benzene rings is 1. The Bertz CT molecular complexity index is 953. The molecule has 0 bridgehead atoms. The number of halogens is 1. The number of hydrogen-bond donors (Lipinski definition) is 2. The predicted molar refractivity (Wildman–Crippen MR) is 104 cm³/mol. The van der Waals surface area contributed by atoms with Gasteiger partial charge in [-0.25, -0.2) is 8.42 Å². The number of nitrogens with zero attached hydrogens (tertiary/aromatic N) is 2. The van der Waals surface area contributed by atoms with Gasteiger partial charge in [0.25, 0.3) is 10.0 Å². The van der Waals surface area contributed by atoms with E-state index < -0.39 is 16.1 Å². The number of hydrogen-bond acceptors (Lipinski definition) is 4. The van der Waals surface area contributed by atoms with Gasteiger partial charge >= 0.3 is 0 Å². The molecule has 1 aromatic carbocycles. The number of rotatable bonds is 3. The first kappa shape index (κ1) is 18.7. The molecule has 27 heavy (non-hydrogen) atoms. The van der Waals surface area contributed by atoms with E-state index in [1.54, 1.807) is 24.3 Å². The lowest BCUT2D eigenvalue weighted by Crippen LogP contribution is -2.59. The number of aromatic amines is 1. The fourth-order valence-electron chi connectivity index (χ4n) is 3.80. The zero-order chi connectivity index (χ0) is 19.0. The van der Waals surface area contributed by atoms with Crippen molar-refractivity contribution in [2.24, 2.45) is 0 Å². The van der Waals surface area contributed by atoms with Gasteiger partial charge in [-0.3, -0.25) is 4.79 Å². The van der Waals surface area contributed by atoms with Gasteiger partial charge in [0.05, 0.1) is 0 Å².